The molecule has 0 radical (unpaired) electrons. The van der Waals surface area contributed by atoms with E-state index in [9.17, 15) is 4.39 Å². The lowest BCUT2D eigenvalue weighted by atomic mass is 10.3. The largest absolute Gasteiger partial charge is 0.382 e. The first-order chi connectivity index (χ1) is 8.77. The molecule has 18 heavy (non-hydrogen) atoms. The van der Waals surface area contributed by atoms with Crippen LogP contribution < -0.4 is 16.6 Å². The Labute approximate surface area is 106 Å². The van der Waals surface area contributed by atoms with Gasteiger partial charge in [0.15, 0.2) is 0 Å². The molecule has 0 unspecified atom stereocenters. The molecule has 0 aliphatic carbocycles. The second-order valence-corrected chi connectivity index (χ2v) is 3.53. The molecule has 0 aromatic heterocycles. The second-order valence-electron chi connectivity index (χ2n) is 3.53. The summed E-state index contributed by atoms with van der Waals surface area (Å²) in [4.78, 5) is 4.17. The van der Waals surface area contributed by atoms with Crippen LogP contribution in [-0.4, -0.2) is 25.7 Å². The SMILES string of the molecule is CCOCCCN=C(NN)Nc1ccccc1F. The quantitative estimate of drug-likeness (QED) is 0.236. The van der Waals surface area contributed by atoms with Gasteiger partial charge in [0, 0.05) is 19.8 Å². The van der Waals surface area contributed by atoms with Crippen LogP contribution >= 0.6 is 0 Å². The maximum Gasteiger partial charge on any atom is 0.210 e. The van der Waals surface area contributed by atoms with Gasteiger partial charge in [0.2, 0.25) is 5.96 Å². The lowest BCUT2D eigenvalue weighted by Crippen LogP contribution is -2.36. The Morgan fingerprint density at radius 2 is 2.22 bits per heavy atom. The first-order valence-corrected chi connectivity index (χ1v) is 5.88. The zero-order valence-corrected chi connectivity index (χ0v) is 10.4. The number of rotatable bonds is 6. The van der Waals surface area contributed by atoms with E-state index in [1.165, 1.54) is 6.07 Å². The molecule has 0 aliphatic rings. The van der Waals surface area contributed by atoms with E-state index in [4.69, 9.17) is 10.6 Å². The van der Waals surface area contributed by atoms with Gasteiger partial charge in [-0.1, -0.05) is 12.1 Å². The third-order valence-electron chi connectivity index (χ3n) is 2.18. The standard InChI is InChI=1S/C12H19FN4O/c1-2-18-9-5-8-15-12(17-14)16-11-7-4-3-6-10(11)13/h3-4,6-7H,2,5,8-9,14H2,1H3,(H2,15,16,17). The van der Waals surface area contributed by atoms with Crippen molar-refractivity contribution in [1.82, 2.24) is 5.43 Å². The highest BCUT2D eigenvalue weighted by Crippen LogP contribution is 2.11. The van der Waals surface area contributed by atoms with Crippen molar-refractivity contribution in [1.29, 1.82) is 0 Å². The summed E-state index contributed by atoms with van der Waals surface area (Å²) in [5.74, 6) is 5.29. The highest BCUT2D eigenvalue weighted by atomic mass is 19.1. The van der Waals surface area contributed by atoms with Gasteiger partial charge in [-0.05, 0) is 25.5 Å². The van der Waals surface area contributed by atoms with Crippen molar-refractivity contribution in [3.63, 3.8) is 0 Å². The first-order valence-electron chi connectivity index (χ1n) is 5.88. The van der Waals surface area contributed by atoms with Crippen LogP contribution in [0.15, 0.2) is 29.3 Å². The number of hydrogen-bond acceptors (Lipinski definition) is 3. The fourth-order valence-corrected chi connectivity index (χ4v) is 1.31. The Balaban J connectivity index is 2.46. The molecular formula is C12H19FN4O. The van der Waals surface area contributed by atoms with Crippen LogP contribution in [0.3, 0.4) is 0 Å². The Morgan fingerprint density at radius 3 is 2.89 bits per heavy atom. The molecular weight excluding hydrogens is 235 g/mol. The van der Waals surface area contributed by atoms with Crippen molar-refractivity contribution in [3.05, 3.63) is 30.1 Å². The van der Waals surface area contributed by atoms with Crippen molar-refractivity contribution >= 4 is 11.6 Å². The minimum absolute atomic E-state index is 0.330. The van der Waals surface area contributed by atoms with Gasteiger partial charge in [-0.15, -0.1) is 0 Å². The Morgan fingerprint density at radius 1 is 1.44 bits per heavy atom. The van der Waals surface area contributed by atoms with E-state index in [2.05, 4.69) is 15.7 Å². The average Bonchev–Trinajstić information content (AvgIpc) is 2.39. The summed E-state index contributed by atoms with van der Waals surface area (Å²) >= 11 is 0. The van der Waals surface area contributed by atoms with Gasteiger partial charge >= 0.3 is 0 Å². The van der Waals surface area contributed by atoms with Crippen LogP contribution in [0, 0.1) is 5.82 Å². The van der Waals surface area contributed by atoms with E-state index in [-0.39, 0.29) is 5.82 Å². The van der Waals surface area contributed by atoms with Gasteiger partial charge in [-0.2, -0.15) is 0 Å². The van der Waals surface area contributed by atoms with E-state index in [1.807, 2.05) is 6.92 Å². The third-order valence-corrected chi connectivity index (χ3v) is 2.18. The number of para-hydroxylation sites is 1. The lowest BCUT2D eigenvalue weighted by Gasteiger charge is -2.09. The second kappa shape index (κ2) is 8.43. The van der Waals surface area contributed by atoms with Crippen LogP contribution in [0.5, 0.6) is 0 Å². The molecule has 0 heterocycles. The van der Waals surface area contributed by atoms with Crippen molar-refractivity contribution in [3.8, 4) is 0 Å². The number of ether oxygens (including phenoxy) is 1. The molecule has 0 saturated heterocycles. The van der Waals surface area contributed by atoms with Crippen molar-refractivity contribution in [2.24, 2.45) is 10.8 Å². The third kappa shape index (κ3) is 5.11. The number of benzene rings is 1. The highest BCUT2D eigenvalue weighted by molar-refractivity contribution is 5.93. The van der Waals surface area contributed by atoms with Crippen molar-refractivity contribution in [2.75, 3.05) is 25.1 Å². The lowest BCUT2D eigenvalue weighted by molar-refractivity contribution is 0.146. The molecule has 1 rings (SSSR count). The summed E-state index contributed by atoms with van der Waals surface area (Å²) in [6.07, 6.45) is 0.790. The fourth-order valence-electron chi connectivity index (χ4n) is 1.31. The van der Waals surface area contributed by atoms with Crippen molar-refractivity contribution < 1.29 is 9.13 Å². The van der Waals surface area contributed by atoms with E-state index >= 15 is 0 Å². The molecule has 1 aromatic carbocycles. The summed E-state index contributed by atoms with van der Waals surface area (Å²) < 4.78 is 18.6. The summed E-state index contributed by atoms with van der Waals surface area (Å²) in [6.45, 7) is 3.84. The zero-order valence-electron chi connectivity index (χ0n) is 10.4. The summed E-state index contributed by atoms with van der Waals surface area (Å²) in [6, 6.07) is 6.33. The summed E-state index contributed by atoms with van der Waals surface area (Å²) in [7, 11) is 0. The predicted octanol–water partition coefficient (Wildman–Crippen LogP) is 1.48. The van der Waals surface area contributed by atoms with E-state index in [1.54, 1.807) is 18.2 Å². The van der Waals surface area contributed by atoms with E-state index in [0.29, 0.717) is 31.4 Å². The van der Waals surface area contributed by atoms with Crippen LogP contribution in [0.2, 0.25) is 0 Å². The Kier molecular flexibility index (Phi) is 6.75. The first kappa shape index (κ1) is 14.4. The zero-order chi connectivity index (χ0) is 13.2. The van der Waals surface area contributed by atoms with Gasteiger partial charge in [-0.25, -0.2) is 10.2 Å². The number of aliphatic imine (C=N–C) groups is 1. The Bertz CT molecular complexity index is 384. The van der Waals surface area contributed by atoms with Crippen LogP contribution in [0.25, 0.3) is 0 Å². The Hall–Kier alpha value is -1.66. The number of nitrogens with two attached hydrogens (primary N) is 1. The number of anilines is 1. The molecule has 0 saturated carbocycles. The molecule has 6 heteroatoms. The number of nitrogens with zero attached hydrogens (tertiary/aromatic N) is 1. The summed E-state index contributed by atoms with van der Waals surface area (Å²) in [5, 5.41) is 2.79. The molecule has 0 bridgehead atoms. The normalized spacial score (nSPS) is 11.4. The highest BCUT2D eigenvalue weighted by Gasteiger charge is 2.02. The molecule has 0 aliphatic heterocycles. The fraction of sp³-hybridized carbons (Fsp3) is 0.417. The molecule has 0 fully saturated rings. The molecule has 100 valence electrons. The van der Waals surface area contributed by atoms with Crippen molar-refractivity contribution in [2.45, 2.75) is 13.3 Å². The van der Waals surface area contributed by atoms with E-state index < -0.39 is 0 Å². The molecule has 1 aromatic rings. The van der Waals surface area contributed by atoms with Crippen LogP contribution in [0.1, 0.15) is 13.3 Å². The van der Waals surface area contributed by atoms with Gasteiger partial charge in [0.05, 0.1) is 5.69 Å². The smallest absolute Gasteiger partial charge is 0.210 e. The van der Waals surface area contributed by atoms with Gasteiger partial charge in [0.25, 0.3) is 0 Å². The maximum absolute atomic E-state index is 13.4. The number of hydrazine groups is 1. The minimum atomic E-state index is -0.352. The molecule has 0 amide bonds. The molecule has 0 atom stereocenters. The number of halogens is 1. The molecule has 4 N–H and O–H groups in total. The average molecular weight is 254 g/mol. The number of nitrogens with one attached hydrogen (secondary N) is 2. The topological polar surface area (TPSA) is 71.7 Å². The van der Waals surface area contributed by atoms with Gasteiger partial charge < -0.3 is 10.1 Å². The monoisotopic (exact) mass is 254 g/mol. The van der Waals surface area contributed by atoms with Crippen LogP contribution in [-0.2, 0) is 4.74 Å². The van der Waals surface area contributed by atoms with Crippen LogP contribution in [0.4, 0.5) is 10.1 Å². The van der Waals surface area contributed by atoms with Gasteiger partial charge in [0.1, 0.15) is 5.82 Å². The molecule has 5 nitrogen and oxygen atoms in total. The predicted molar refractivity (Wildman–Crippen MR) is 70.8 cm³/mol. The summed E-state index contributed by atoms with van der Waals surface area (Å²) in [5.41, 5.74) is 2.73. The maximum atomic E-state index is 13.4. The molecule has 0 spiro atoms. The van der Waals surface area contributed by atoms with Gasteiger partial charge in [-0.3, -0.25) is 10.4 Å². The number of hydrogen-bond donors (Lipinski definition) is 3. The number of guanidine groups is 1. The van der Waals surface area contributed by atoms with E-state index in [0.717, 1.165) is 6.42 Å². The minimum Gasteiger partial charge on any atom is -0.382 e.